The van der Waals surface area contributed by atoms with Crippen molar-refractivity contribution in [3.63, 3.8) is 0 Å². The molecule has 0 saturated carbocycles. The fraction of sp³-hybridized carbons (Fsp3) is 0. The standard InChI is InChI=1S/C36H25N/c1-2-11-25(12-3-1)29-15-8-9-20-36(29)37-28-14-10-13-26(23-28)27-21-22-34-32-18-5-4-16-30(32)31-17-6-7-19-33(31)35(34)24-27/h1-24,37H. The summed E-state index contributed by atoms with van der Waals surface area (Å²) < 4.78 is 0. The fourth-order valence-corrected chi connectivity index (χ4v) is 5.48. The molecule has 1 heteroatoms. The first-order valence-electron chi connectivity index (χ1n) is 12.7. The van der Waals surface area contributed by atoms with Gasteiger partial charge in [-0.2, -0.15) is 0 Å². The Bertz CT molecular complexity index is 1870. The summed E-state index contributed by atoms with van der Waals surface area (Å²) >= 11 is 0. The molecule has 1 nitrogen and oxygen atoms in total. The lowest BCUT2D eigenvalue weighted by molar-refractivity contribution is 1.53. The van der Waals surface area contributed by atoms with E-state index in [0.717, 1.165) is 11.4 Å². The van der Waals surface area contributed by atoms with Crippen molar-refractivity contribution in [1.29, 1.82) is 0 Å². The highest BCUT2D eigenvalue weighted by molar-refractivity contribution is 6.25. The zero-order chi connectivity index (χ0) is 24.6. The molecule has 0 spiro atoms. The molecule has 7 rings (SSSR count). The summed E-state index contributed by atoms with van der Waals surface area (Å²) in [5.74, 6) is 0. The van der Waals surface area contributed by atoms with Crippen molar-refractivity contribution in [3.05, 3.63) is 146 Å². The van der Waals surface area contributed by atoms with E-state index in [1.165, 1.54) is 54.6 Å². The van der Waals surface area contributed by atoms with Crippen molar-refractivity contribution in [2.45, 2.75) is 0 Å². The predicted molar refractivity (Wildman–Crippen MR) is 160 cm³/mol. The molecule has 0 bridgehead atoms. The molecule has 0 aliphatic carbocycles. The molecule has 0 aliphatic heterocycles. The molecule has 174 valence electrons. The topological polar surface area (TPSA) is 12.0 Å². The van der Waals surface area contributed by atoms with Crippen LogP contribution in [0.25, 0.3) is 54.6 Å². The molecule has 0 amide bonds. The van der Waals surface area contributed by atoms with E-state index in [1.807, 2.05) is 0 Å². The van der Waals surface area contributed by atoms with Crippen molar-refractivity contribution in [2.24, 2.45) is 0 Å². The largest absolute Gasteiger partial charge is 0.355 e. The van der Waals surface area contributed by atoms with Crippen molar-refractivity contribution in [3.8, 4) is 22.3 Å². The van der Waals surface area contributed by atoms with Crippen LogP contribution in [0.2, 0.25) is 0 Å². The van der Waals surface area contributed by atoms with Crippen LogP contribution in [0.1, 0.15) is 0 Å². The average molecular weight is 472 g/mol. The number of hydrogen-bond donors (Lipinski definition) is 1. The normalized spacial score (nSPS) is 11.2. The highest BCUT2D eigenvalue weighted by Crippen LogP contribution is 2.38. The number of anilines is 2. The molecule has 0 radical (unpaired) electrons. The Hall–Kier alpha value is -4.88. The maximum Gasteiger partial charge on any atom is 0.0463 e. The van der Waals surface area contributed by atoms with Crippen molar-refractivity contribution >= 4 is 43.7 Å². The summed E-state index contributed by atoms with van der Waals surface area (Å²) in [6.07, 6.45) is 0. The monoisotopic (exact) mass is 471 g/mol. The molecule has 37 heavy (non-hydrogen) atoms. The molecule has 0 aliphatic rings. The van der Waals surface area contributed by atoms with Crippen molar-refractivity contribution in [2.75, 3.05) is 5.32 Å². The van der Waals surface area contributed by atoms with Gasteiger partial charge < -0.3 is 5.32 Å². The molecule has 0 heterocycles. The molecule has 7 aromatic carbocycles. The molecule has 1 N–H and O–H groups in total. The van der Waals surface area contributed by atoms with Gasteiger partial charge in [-0.15, -0.1) is 0 Å². The van der Waals surface area contributed by atoms with E-state index in [-0.39, 0.29) is 0 Å². The minimum atomic E-state index is 1.07. The summed E-state index contributed by atoms with van der Waals surface area (Å²) in [4.78, 5) is 0. The Kier molecular flexibility index (Phi) is 5.19. The van der Waals surface area contributed by atoms with Gasteiger partial charge in [-0.25, -0.2) is 0 Å². The molecule has 0 aromatic heterocycles. The lowest BCUT2D eigenvalue weighted by Crippen LogP contribution is -1.93. The Balaban J connectivity index is 1.33. The molecule has 0 atom stereocenters. The van der Waals surface area contributed by atoms with Crippen LogP contribution in [-0.4, -0.2) is 0 Å². The van der Waals surface area contributed by atoms with Crippen LogP contribution in [-0.2, 0) is 0 Å². The highest BCUT2D eigenvalue weighted by atomic mass is 14.9. The second kappa shape index (κ2) is 8.96. The van der Waals surface area contributed by atoms with Gasteiger partial charge in [0.2, 0.25) is 0 Å². The third-order valence-electron chi connectivity index (χ3n) is 7.23. The first-order chi connectivity index (χ1) is 18.3. The highest BCUT2D eigenvalue weighted by Gasteiger charge is 2.10. The lowest BCUT2D eigenvalue weighted by atomic mass is 9.92. The van der Waals surface area contributed by atoms with Gasteiger partial charge in [0.05, 0.1) is 0 Å². The quantitative estimate of drug-likeness (QED) is 0.252. The number of nitrogens with one attached hydrogen (secondary N) is 1. The Morgan fingerprint density at radius 1 is 0.324 bits per heavy atom. The maximum absolute atomic E-state index is 3.67. The Labute approximate surface area is 216 Å². The minimum absolute atomic E-state index is 1.07. The van der Waals surface area contributed by atoms with E-state index in [4.69, 9.17) is 0 Å². The van der Waals surface area contributed by atoms with Crippen molar-refractivity contribution in [1.82, 2.24) is 0 Å². The number of para-hydroxylation sites is 1. The summed E-state index contributed by atoms with van der Waals surface area (Å²) in [5.41, 5.74) is 6.98. The average Bonchev–Trinajstić information content (AvgIpc) is 2.98. The van der Waals surface area contributed by atoms with Crippen LogP contribution in [0.15, 0.2) is 146 Å². The fourth-order valence-electron chi connectivity index (χ4n) is 5.48. The maximum atomic E-state index is 3.67. The third kappa shape index (κ3) is 3.82. The number of fused-ring (bicyclic) bond motifs is 6. The number of benzene rings is 7. The third-order valence-corrected chi connectivity index (χ3v) is 7.23. The van der Waals surface area contributed by atoms with Gasteiger partial charge in [-0.3, -0.25) is 0 Å². The lowest BCUT2D eigenvalue weighted by Gasteiger charge is -2.14. The summed E-state index contributed by atoms with van der Waals surface area (Å²) in [5, 5.41) is 11.5. The first kappa shape index (κ1) is 21.4. The van der Waals surface area contributed by atoms with Gasteiger partial charge in [-0.1, -0.05) is 121 Å². The van der Waals surface area contributed by atoms with Gasteiger partial charge in [0.1, 0.15) is 0 Å². The predicted octanol–water partition coefficient (Wildman–Crippen LogP) is 10.2. The molecule has 0 fully saturated rings. The second-order valence-corrected chi connectivity index (χ2v) is 9.47. The number of hydrogen-bond acceptors (Lipinski definition) is 1. The number of rotatable bonds is 4. The van der Waals surface area contributed by atoms with Crippen LogP contribution in [0.3, 0.4) is 0 Å². The molecule has 0 saturated heterocycles. The van der Waals surface area contributed by atoms with E-state index in [2.05, 4.69) is 151 Å². The van der Waals surface area contributed by atoms with Crippen LogP contribution in [0, 0.1) is 0 Å². The molecule has 0 unspecified atom stereocenters. The smallest absolute Gasteiger partial charge is 0.0463 e. The Morgan fingerprint density at radius 3 is 1.59 bits per heavy atom. The van der Waals surface area contributed by atoms with Gasteiger partial charge in [0, 0.05) is 16.9 Å². The second-order valence-electron chi connectivity index (χ2n) is 9.47. The van der Waals surface area contributed by atoms with E-state index in [1.54, 1.807) is 0 Å². The van der Waals surface area contributed by atoms with Gasteiger partial charge >= 0.3 is 0 Å². The van der Waals surface area contributed by atoms with Gasteiger partial charge in [0.15, 0.2) is 0 Å². The molecular formula is C36H25N. The summed E-state index contributed by atoms with van der Waals surface area (Å²) in [7, 11) is 0. The minimum Gasteiger partial charge on any atom is -0.355 e. The van der Waals surface area contributed by atoms with E-state index in [0.29, 0.717) is 0 Å². The van der Waals surface area contributed by atoms with Gasteiger partial charge in [0.25, 0.3) is 0 Å². The first-order valence-corrected chi connectivity index (χ1v) is 12.7. The van der Waals surface area contributed by atoms with Crippen LogP contribution in [0.5, 0.6) is 0 Å². The molecule has 7 aromatic rings. The van der Waals surface area contributed by atoms with Crippen LogP contribution >= 0.6 is 0 Å². The van der Waals surface area contributed by atoms with Crippen LogP contribution < -0.4 is 5.32 Å². The van der Waals surface area contributed by atoms with Crippen LogP contribution in [0.4, 0.5) is 11.4 Å². The summed E-state index contributed by atoms with van der Waals surface area (Å²) in [6.45, 7) is 0. The zero-order valence-electron chi connectivity index (χ0n) is 20.4. The van der Waals surface area contributed by atoms with Gasteiger partial charge in [-0.05, 0) is 73.3 Å². The van der Waals surface area contributed by atoms with E-state index < -0.39 is 0 Å². The van der Waals surface area contributed by atoms with E-state index in [9.17, 15) is 0 Å². The van der Waals surface area contributed by atoms with E-state index >= 15 is 0 Å². The Morgan fingerprint density at radius 2 is 0.865 bits per heavy atom. The SMILES string of the molecule is c1ccc(-c2ccccc2Nc2cccc(-c3ccc4c5ccccc5c5ccccc5c4c3)c2)cc1. The van der Waals surface area contributed by atoms with Crippen molar-refractivity contribution < 1.29 is 0 Å². The summed E-state index contributed by atoms with van der Waals surface area (Å²) in [6, 6.07) is 52.1. The molecular weight excluding hydrogens is 446 g/mol. The zero-order valence-corrected chi connectivity index (χ0v) is 20.4.